The summed E-state index contributed by atoms with van der Waals surface area (Å²) in [7, 11) is 0. The minimum absolute atomic E-state index is 0.00640. The summed E-state index contributed by atoms with van der Waals surface area (Å²) in [6.07, 6.45) is 1.57. The molecule has 7 heteroatoms. The molecule has 0 saturated carbocycles. The molecular formula is C11H12N4O2S. The van der Waals surface area contributed by atoms with Crippen LogP contribution in [0.15, 0.2) is 27.4 Å². The van der Waals surface area contributed by atoms with Crippen molar-refractivity contribution in [3.8, 4) is 0 Å². The van der Waals surface area contributed by atoms with Crippen LogP contribution in [0, 0.1) is 6.92 Å². The Kier molecular flexibility index (Phi) is 3.73. The molecule has 2 aromatic rings. The highest BCUT2D eigenvalue weighted by Gasteiger charge is 2.10. The third-order valence-corrected chi connectivity index (χ3v) is 3.16. The molecule has 18 heavy (non-hydrogen) atoms. The van der Waals surface area contributed by atoms with Gasteiger partial charge in [0.1, 0.15) is 0 Å². The number of hydrogen-bond donors (Lipinski definition) is 3. The van der Waals surface area contributed by atoms with E-state index in [1.165, 1.54) is 11.3 Å². The number of rotatable bonds is 4. The number of thiophene rings is 1. The maximum atomic E-state index is 11.6. The quantitative estimate of drug-likeness (QED) is 0.562. The first-order valence-electron chi connectivity index (χ1n) is 5.28. The normalized spacial score (nSPS) is 10.9. The van der Waals surface area contributed by atoms with Gasteiger partial charge in [-0.05, 0) is 18.4 Å². The van der Waals surface area contributed by atoms with Crippen LogP contribution in [0.1, 0.15) is 16.1 Å². The lowest BCUT2D eigenvalue weighted by atomic mass is 10.2. The van der Waals surface area contributed by atoms with Gasteiger partial charge in [0, 0.05) is 16.1 Å². The molecule has 0 fully saturated rings. The molecule has 2 rings (SSSR count). The first-order chi connectivity index (χ1) is 8.66. The lowest BCUT2D eigenvalue weighted by Gasteiger charge is -1.97. The maximum Gasteiger partial charge on any atom is 0.267 e. The van der Waals surface area contributed by atoms with Crippen molar-refractivity contribution in [2.75, 3.05) is 0 Å². The lowest BCUT2D eigenvalue weighted by Crippen LogP contribution is -2.22. The molecule has 0 saturated heterocycles. The van der Waals surface area contributed by atoms with Gasteiger partial charge in [0.2, 0.25) is 5.91 Å². The van der Waals surface area contributed by atoms with Crippen molar-refractivity contribution < 1.29 is 4.79 Å². The van der Waals surface area contributed by atoms with Crippen LogP contribution < -0.4 is 11.0 Å². The first-order valence-corrected chi connectivity index (χ1v) is 6.16. The number of aromatic nitrogens is 2. The topological polar surface area (TPSA) is 90.1 Å². The largest absolute Gasteiger partial charge is 0.302 e. The molecule has 0 spiro atoms. The smallest absolute Gasteiger partial charge is 0.267 e. The zero-order valence-corrected chi connectivity index (χ0v) is 10.5. The fourth-order valence-electron chi connectivity index (χ4n) is 1.42. The van der Waals surface area contributed by atoms with Crippen LogP contribution in [0.4, 0.5) is 0 Å². The fourth-order valence-corrected chi connectivity index (χ4v) is 2.00. The first kappa shape index (κ1) is 12.3. The Hall–Kier alpha value is -2.15. The molecule has 0 aliphatic heterocycles. The van der Waals surface area contributed by atoms with Gasteiger partial charge in [0.05, 0.1) is 12.6 Å². The van der Waals surface area contributed by atoms with E-state index < -0.39 is 0 Å². The SMILES string of the molecule is Cc1[nH][nH]c(=O)c1CC(=O)N/N=C\c1cccs1. The zero-order chi connectivity index (χ0) is 13.0. The lowest BCUT2D eigenvalue weighted by molar-refractivity contribution is -0.120. The van der Waals surface area contributed by atoms with Gasteiger partial charge in [0.25, 0.3) is 5.56 Å². The third kappa shape index (κ3) is 2.95. The van der Waals surface area contributed by atoms with E-state index in [2.05, 4.69) is 20.7 Å². The van der Waals surface area contributed by atoms with Crippen LogP contribution in [0.25, 0.3) is 0 Å². The van der Waals surface area contributed by atoms with Crippen molar-refractivity contribution in [1.29, 1.82) is 0 Å². The number of amides is 1. The van der Waals surface area contributed by atoms with Crippen molar-refractivity contribution in [2.45, 2.75) is 13.3 Å². The van der Waals surface area contributed by atoms with E-state index in [-0.39, 0.29) is 17.9 Å². The maximum absolute atomic E-state index is 11.6. The van der Waals surface area contributed by atoms with Crippen LogP contribution in [0.3, 0.4) is 0 Å². The van der Waals surface area contributed by atoms with Gasteiger partial charge >= 0.3 is 0 Å². The number of nitrogens with one attached hydrogen (secondary N) is 3. The molecule has 3 N–H and O–H groups in total. The highest BCUT2D eigenvalue weighted by atomic mass is 32.1. The summed E-state index contributed by atoms with van der Waals surface area (Å²) in [6.45, 7) is 1.73. The number of nitrogens with zero attached hydrogens (tertiary/aromatic N) is 1. The van der Waals surface area contributed by atoms with E-state index in [1.807, 2.05) is 17.5 Å². The van der Waals surface area contributed by atoms with Crippen molar-refractivity contribution in [3.05, 3.63) is 44.0 Å². The van der Waals surface area contributed by atoms with Crippen molar-refractivity contribution in [2.24, 2.45) is 5.10 Å². The van der Waals surface area contributed by atoms with Crippen LogP contribution in [-0.2, 0) is 11.2 Å². The molecule has 0 radical (unpaired) electrons. The van der Waals surface area contributed by atoms with E-state index >= 15 is 0 Å². The molecule has 0 aromatic carbocycles. The standard InChI is InChI=1S/C11H12N4O2S/c1-7-9(11(17)15-13-7)5-10(16)14-12-6-8-3-2-4-18-8/h2-4,6H,5H2,1H3,(H,14,16)(H2,13,15,17)/b12-6-. The van der Waals surface area contributed by atoms with E-state index in [1.54, 1.807) is 13.1 Å². The summed E-state index contributed by atoms with van der Waals surface area (Å²) >= 11 is 1.52. The predicted molar refractivity (Wildman–Crippen MR) is 69.9 cm³/mol. The van der Waals surface area contributed by atoms with Gasteiger partial charge in [-0.3, -0.25) is 14.7 Å². The van der Waals surface area contributed by atoms with Crippen LogP contribution in [0.2, 0.25) is 0 Å². The summed E-state index contributed by atoms with van der Waals surface area (Å²) < 4.78 is 0. The molecule has 0 aliphatic rings. The minimum Gasteiger partial charge on any atom is -0.302 e. The van der Waals surface area contributed by atoms with Gasteiger partial charge < -0.3 is 5.10 Å². The summed E-state index contributed by atoms with van der Waals surface area (Å²) in [5, 5.41) is 10.8. The number of hydrazone groups is 1. The monoisotopic (exact) mass is 264 g/mol. The molecule has 6 nitrogen and oxygen atoms in total. The molecule has 2 aromatic heterocycles. The molecule has 0 bridgehead atoms. The van der Waals surface area contributed by atoms with E-state index in [4.69, 9.17) is 0 Å². The van der Waals surface area contributed by atoms with E-state index in [9.17, 15) is 9.59 Å². The summed E-state index contributed by atoms with van der Waals surface area (Å²) in [5.41, 5.74) is 3.20. The summed E-state index contributed by atoms with van der Waals surface area (Å²) in [4.78, 5) is 23.8. The molecule has 0 unspecified atom stereocenters. The predicted octanol–water partition coefficient (Wildman–Crippen LogP) is 0.766. The Bertz CT molecular complexity index is 609. The third-order valence-electron chi connectivity index (χ3n) is 2.35. The zero-order valence-electron chi connectivity index (χ0n) is 9.69. The molecule has 0 atom stereocenters. The second kappa shape index (κ2) is 5.46. The minimum atomic E-state index is -0.323. The van der Waals surface area contributed by atoms with Crippen molar-refractivity contribution >= 4 is 23.5 Å². The van der Waals surface area contributed by atoms with Crippen LogP contribution >= 0.6 is 11.3 Å². The molecule has 2 heterocycles. The molecule has 0 aliphatic carbocycles. The van der Waals surface area contributed by atoms with Crippen molar-refractivity contribution in [3.63, 3.8) is 0 Å². The number of carbonyl (C=O) groups is 1. The van der Waals surface area contributed by atoms with Gasteiger partial charge in [-0.15, -0.1) is 11.3 Å². The van der Waals surface area contributed by atoms with E-state index in [0.29, 0.717) is 11.3 Å². The Morgan fingerprint density at radius 2 is 2.39 bits per heavy atom. The number of carbonyl (C=O) groups excluding carboxylic acids is 1. The number of hydrogen-bond acceptors (Lipinski definition) is 4. The van der Waals surface area contributed by atoms with Gasteiger partial charge in [-0.2, -0.15) is 5.10 Å². The second-order valence-electron chi connectivity index (χ2n) is 3.67. The van der Waals surface area contributed by atoms with Crippen LogP contribution in [0.5, 0.6) is 0 Å². The van der Waals surface area contributed by atoms with Crippen molar-refractivity contribution in [1.82, 2.24) is 15.6 Å². The number of aromatic amines is 2. The van der Waals surface area contributed by atoms with E-state index in [0.717, 1.165) is 4.88 Å². The Labute approximate surface area is 107 Å². The summed E-state index contributed by atoms with van der Waals surface area (Å²) in [5.74, 6) is -0.323. The highest BCUT2D eigenvalue weighted by molar-refractivity contribution is 7.11. The van der Waals surface area contributed by atoms with Gasteiger partial charge in [-0.1, -0.05) is 6.07 Å². The Morgan fingerprint density at radius 1 is 1.56 bits per heavy atom. The molecule has 94 valence electrons. The number of aryl methyl sites for hydroxylation is 1. The average molecular weight is 264 g/mol. The number of H-pyrrole nitrogens is 2. The van der Waals surface area contributed by atoms with Gasteiger partial charge in [-0.25, -0.2) is 5.43 Å². The summed E-state index contributed by atoms with van der Waals surface area (Å²) in [6, 6.07) is 3.79. The Morgan fingerprint density at radius 3 is 3.00 bits per heavy atom. The average Bonchev–Trinajstić information content (AvgIpc) is 2.94. The Balaban J connectivity index is 1.92. The second-order valence-corrected chi connectivity index (χ2v) is 4.65. The highest BCUT2D eigenvalue weighted by Crippen LogP contribution is 2.04. The molecular weight excluding hydrogens is 252 g/mol. The fraction of sp³-hybridized carbons (Fsp3) is 0.182. The molecule has 1 amide bonds. The van der Waals surface area contributed by atoms with Crippen LogP contribution in [-0.4, -0.2) is 22.3 Å². The van der Waals surface area contributed by atoms with Gasteiger partial charge in [0.15, 0.2) is 0 Å².